The van der Waals surface area contributed by atoms with Crippen LogP contribution in [0.25, 0.3) is 0 Å². The molecule has 8 N–H and O–H groups in total. The van der Waals surface area contributed by atoms with Crippen LogP contribution in [0.5, 0.6) is 5.75 Å². The molecule has 2 heterocycles. The number of hydrogen-bond acceptors (Lipinski definition) is 9. The number of hydrogen-bond donors (Lipinski definition) is 6. The molecule has 2 amide bonds. The van der Waals surface area contributed by atoms with Crippen LogP contribution in [0.3, 0.4) is 0 Å². The Morgan fingerprint density at radius 3 is 2.58 bits per heavy atom. The molecule has 0 saturated carbocycles. The number of aliphatic hydroxyl groups is 2. The van der Waals surface area contributed by atoms with Gasteiger partial charge >= 0.3 is 5.90 Å². The van der Waals surface area contributed by atoms with Crippen molar-refractivity contribution < 1.29 is 39.4 Å². The van der Waals surface area contributed by atoms with Crippen LogP contribution < -0.4 is 26.5 Å². The lowest BCUT2D eigenvalue weighted by atomic mass is 9.95. The van der Waals surface area contributed by atoms with E-state index in [1.54, 1.807) is 18.7 Å². The maximum atomic E-state index is 12.9. The van der Waals surface area contributed by atoms with Crippen LogP contribution in [0.4, 0.5) is 0 Å². The number of allylic oxidation sites excluding steroid dienone is 1. The Labute approximate surface area is 254 Å². The van der Waals surface area contributed by atoms with Crippen molar-refractivity contribution in [2.75, 3.05) is 39.4 Å². The van der Waals surface area contributed by atoms with E-state index >= 15 is 0 Å². The van der Waals surface area contributed by atoms with Crippen molar-refractivity contribution in [3.63, 3.8) is 0 Å². The number of nitrogens with two attached hydrogens (primary N) is 2. The fourth-order valence-corrected chi connectivity index (χ4v) is 5.17. The van der Waals surface area contributed by atoms with Gasteiger partial charge in [0.05, 0.1) is 37.4 Å². The van der Waals surface area contributed by atoms with Crippen molar-refractivity contribution in [2.24, 2.45) is 11.7 Å². The zero-order chi connectivity index (χ0) is 31.7. The van der Waals surface area contributed by atoms with Gasteiger partial charge in [-0.3, -0.25) is 9.59 Å². The maximum Gasteiger partial charge on any atom is 0.366 e. The largest absolute Gasteiger partial charge is 0.493 e. The van der Waals surface area contributed by atoms with E-state index in [9.17, 15) is 19.8 Å². The summed E-state index contributed by atoms with van der Waals surface area (Å²) in [6, 6.07) is 5.63. The third-order valence-corrected chi connectivity index (χ3v) is 7.74. The Morgan fingerprint density at radius 2 is 1.95 bits per heavy atom. The number of carbonyl (C=O) groups excluding carboxylic acids is 2. The topological polar surface area (TPSA) is 181 Å². The van der Waals surface area contributed by atoms with Gasteiger partial charge in [0.25, 0.3) is 0 Å². The van der Waals surface area contributed by atoms with Crippen LogP contribution in [0.2, 0.25) is 0 Å². The van der Waals surface area contributed by atoms with E-state index < -0.39 is 24.0 Å². The van der Waals surface area contributed by atoms with E-state index in [1.165, 1.54) is 0 Å². The molecule has 3 rings (SSSR count). The summed E-state index contributed by atoms with van der Waals surface area (Å²) in [5.74, 6) is 0.381. The number of carbonyl (C=O) groups is 2. The molecule has 1 aromatic rings. The Hall–Kier alpha value is -3.19. The lowest BCUT2D eigenvalue weighted by molar-refractivity contribution is -0.218. The molecule has 3 atom stereocenters. The van der Waals surface area contributed by atoms with Gasteiger partial charge in [0.15, 0.2) is 0 Å². The fourth-order valence-electron chi connectivity index (χ4n) is 5.17. The normalized spacial score (nSPS) is 21.7. The summed E-state index contributed by atoms with van der Waals surface area (Å²) in [5, 5.41) is 32.0. The summed E-state index contributed by atoms with van der Waals surface area (Å²) in [6.07, 6.45) is -0.905. The predicted octanol–water partition coefficient (Wildman–Crippen LogP) is -0.466. The standard InChI is InChI=1S/C31H49N5O7/c1-19(2)28(32)25(29(33)43-27-17-22(38)16-24(18-37)42-27)15-21-6-7-23(14-20(21)3)41-13-8-26(39)35-31(4,5)30(40)36-11-9-34-10-12-36/h6-7,14,19,22,24,27,33-34,37-38H,8-13,15-18,32H2,1-5H3,(H,35,39)/p+1/b28-25-,33-29?/t22-,24-,27-/m0/s1. The van der Waals surface area contributed by atoms with Crippen molar-refractivity contribution in [1.82, 2.24) is 15.5 Å². The minimum atomic E-state index is -0.998. The molecule has 43 heavy (non-hydrogen) atoms. The Kier molecular flexibility index (Phi) is 12.4. The number of aliphatic hydroxyl groups excluding tert-OH is 2. The van der Waals surface area contributed by atoms with E-state index in [4.69, 9.17) is 25.4 Å². The van der Waals surface area contributed by atoms with E-state index in [-0.39, 0.29) is 49.7 Å². The van der Waals surface area contributed by atoms with Gasteiger partial charge in [-0.25, -0.2) is 5.41 Å². The number of nitrogens with one attached hydrogen (secondary N) is 2. The zero-order valence-corrected chi connectivity index (χ0v) is 26.2. The molecule has 2 aliphatic rings. The highest BCUT2D eigenvalue weighted by Gasteiger charge is 2.34. The quantitative estimate of drug-likeness (QED) is 0.136. The van der Waals surface area contributed by atoms with Crippen LogP contribution >= 0.6 is 0 Å². The smallest absolute Gasteiger partial charge is 0.366 e. The first-order chi connectivity index (χ1) is 20.3. The first-order valence-electron chi connectivity index (χ1n) is 15.1. The predicted molar refractivity (Wildman–Crippen MR) is 162 cm³/mol. The summed E-state index contributed by atoms with van der Waals surface area (Å²) >= 11 is 0. The SMILES string of the molecule is Cc1cc(OCCC(=O)NC(C)(C)C(=O)N2CCNCC2)ccc1C/C(C(=[NH2+])O[C@H]1C[C@@H](O)C[C@@H](CO)O1)=C(/N)C(C)C. The monoisotopic (exact) mass is 604 g/mol. The number of ether oxygens (including phenoxy) is 3. The highest BCUT2D eigenvalue weighted by atomic mass is 16.7. The van der Waals surface area contributed by atoms with E-state index in [0.29, 0.717) is 43.0 Å². The Balaban J connectivity index is 1.57. The molecule has 1 aromatic carbocycles. The summed E-state index contributed by atoms with van der Waals surface area (Å²) in [6.45, 7) is 12.0. The van der Waals surface area contributed by atoms with Crippen LogP contribution in [0, 0.1) is 12.8 Å². The summed E-state index contributed by atoms with van der Waals surface area (Å²) in [4.78, 5) is 27.2. The van der Waals surface area contributed by atoms with Gasteiger partial charge in [0, 0.05) is 51.1 Å². The van der Waals surface area contributed by atoms with Crippen LogP contribution in [-0.4, -0.2) is 96.3 Å². The van der Waals surface area contributed by atoms with E-state index in [2.05, 4.69) is 10.6 Å². The van der Waals surface area contributed by atoms with Gasteiger partial charge < -0.3 is 45.7 Å². The average Bonchev–Trinajstić information content (AvgIpc) is 2.95. The molecule has 12 nitrogen and oxygen atoms in total. The maximum absolute atomic E-state index is 12.9. The van der Waals surface area contributed by atoms with Crippen molar-refractivity contribution in [3.8, 4) is 5.75 Å². The first kappa shape index (κ1) is 34.3. The molecule has 0 bridgehead atoms. The Morgan fingerprint density at radius 1 is 1.26 bits per heavy atom. The molecule has 0 unspecified atom stereocenters. The molecule has 2 aliphatic heterocycles. The fraction of sp³-hybridized carbons (Fsp3) is 0.645. The molecule has 240 valence electrons. The number of piperazine rings is 1. The number of benzene rings is 1. The second-order valence-electron chi connectivity index (χ2n) is 12.1. The second-order valence-corrected chi connectivity index (χ2v) is 12.1. The minimum absolute atomic E-state index is 0.00592. The highest BCUT2D eigenvalue weighted by Crippen LogP contribution is 2.25. The third-order valence-electron chi connectivity index (χ3n) is 7.74. The van der Waals surface area contributed by atoms with Crippen LogP contribution in [0.15, 0.2) is 29.5 Å². The molecule has 2 fully saturated rings. The molecule has 0 aliphatic carbocycles. The Bertz CT molecular complexity index is 1160. The van der Waals surface area contributed by atoms with Gasteiger partial charge in [0.1, 0.15) is 11.3 Å². The number of aryl methyl sites for hydroxylation is 1. The number of rotatable bonds is 12. The number of nitrogens with zero attached hydrogens (tertiary/aromatic N) is 1. The molecule has 0 radical (unpaired) electrons. The summed E-state index contributed by atoms with van der Waals surface area (Å²) in [5.41, 5.74) is 8.57. The van der Waals surface area contributed by atoms with Gasteiger partial charge in [-0.2, -0.15) is 0 Å². The van der Waals surface area contributed by atoms with Crippen molar-refractivity contribution in [3.05, 3.63) is 40.6 Å². The van der Waals surface area contributed by atoms with Crippen molar-refractivity contribution in [2.45, 2.75) is 84.3 Å². The average molecular weight is 605 g/mol. The lowest BCUT2D eigenvalue weighted by Gasteiger charge is -2.35. The van der Waals surface area contributed by atoms with E-state index in [1.807, 2.05) is 39.0 Å². The lowest BCUT2D eigenvalue weighted by Crippen LogP contribution is -2.59. The molecule has 0 aromatic heterocycles. The second kappa shape index (κ2) is 15.5. The molecular formula is C31H50N5O7+. The summed E-state index contributed by atoms with van der Waals surface area (Å²) < 4.78 is 17.5. The highest BCUT2D eigenvalue weighted by molar-refractivity contribution is 5.91. The molecular weight excluding hydrogens is 554 g/mol. The van der Waals surface area contributed by atoms with Gasteiger partial charge in [-0.1, -0.05) is 19.9 Å². The summed E-state index contributed by atoms with van der Waals surface area (Å²) in [7, 11) is 0. The molecule has 2 saturated heterocycles. The minimum Gasteiger partial charge on any atom is -0.493 e. The van der Waals surface area contributed by atoms with Crippen molar-refractivity contribution in [1.29, 1.82) is 0 Å². The van der Waals surface area contributed by atoms with Crippen LogP contribution in [0.1, 0.15) is 58.1 Å². The van der Waals surface area contributed by atoms with E-state index in [0.717, 1.165) is 24.2 Å². The zero-order valence-electron chi connectivity index (χ0n) is 26.2. The number of amides is 2. The van der Waals surface area contributed by atoms with Gasteiger partial charge in [0.2, 0.25) is 18.1 Å². The van der Waals surface area contributed by atoms with Crippen molar-refractivity contribution >= 4 is 17.7 Å². The molecule has 0 spiro atoms. The van der Waals surface area contributed by atoms with Gasteiger partial charge in [-0.05, 0) is 49.9 Å². The molecule has 12 heteroatoms. The third kappa shape index (κ3) is 9.92. The van der Waals surface area contributed by atoms with Crippen LogP contribution in [-0.2, 0) is 25.5 Å². The van der Waals surface area contributed by atoms with Gasteiger partial charge in [-0.15, -0.1) is 0 Å². The first-order valence-corrected chi connectivity index (χ1v) is 15.1.